The van der Waals surface area contributed by atoms with Crippen molar-refractivity contribution in [3.05, 3.63) is 68.7 Å². The van der Waals surface area contributed by atoms with E-state index in [1.54, 1.807) is 24.3 Å². The number of non-ortho nitro benzene ring substituents is 1. The van der Waals surface area contributed by atoms with Crippen molar-refractivity contribution in [3.63, 3.8) is 0 Å². The van der Waals surface area contributed by atoms with Crippen LogP contribution in [0.1, 0.15) is 15.9 Å². The Hall–Kier alpha value is -2.91. The molecule has 6 nitrogen and oxygen atoms in total. The molecule has 0 radical (unpaired) electrons. The lowest BCUT2D eigenvalue weighted by molar-refractivity contribution is -0.384. The highest BCUT2D eigenvalue weighted by molar-refractivity contribution is 6.34. The molecule has 0 bridgehead atoms. The summed E-state index contributed by atoms with van der Waals surface area (Å²) in [5.74, 6) is -0.465. The first kappa shape index (κ1) is 15.5. The van der Waals surface area contributed by atoms with Crippen molar-refractivity contribution in [2.24, 2.45) is 0 Å². The van der Waals surface area contributed by atoms with E-state index < -0.39 is 10.8 Å². The highest BCUT2D eigenvalue weighted by atomic mass is 35.5. The maximum Gasteiger partial charge on any atom is 0.270 e. The van der Waals surface area contributed by atoms with Crippen LogP contribution in [-0.2, 0) is 6.42 Å². The van der Waals surface area contributed by atoms with Gasteiger partial charge in [-0.25, -0.2) is 0 Å². The number of nitrogens with zero attached hydrogens (tertiary/aromatic N) is 2. The van der Waals surface area contributed by atoms with Gasteiger partial charge in [0.25, 0.3) is 11.6 Å². The maximum absolute atomic E-state index is 12.1. The molecule has 0 spiro atoms. The van der Waals surface area contributed by atoms with Crippen LogP contribution in [-0.4, -0.2) is 10.8 Å². The van der Waals surface area contributed by atoms with E-state index in [2.05, 4.69) is 5.32 Å². The van der Waals surface area contributed by atoms with Gasteiger partial charge in [-0.1, -0.05) is 23.7 Å². The number of halogens is 1. The first-order chi connectivity index (χ1) is 10.5. The first-order valence-electron chi connectivity index (χ1n) is 6.22. The summed E-state index contributed by atoms with van der Waals surface area (Å²) in [6.07, 6.45) is 0.294. The van der Waals surface area contributed by atoms with Crippen molar-refractivity contribution < 1.29 is 9.72 Å². The third kappa shape index (κ3) is 3.59. The van der Waals surface area contributed by atoms with E-state index >= 15 is 0 Å². The van der Waals surface area contributed by atoms with E-state index in [9.17, 15) is 14.9 Å². The zero-order valence-electron chi connectivity index (χ0n) is 11.2. The summed E-state index contributed by atoms with van der Waals surface area (Å²) >= 11 is 5.90. The Kier molecular flexibility index (Phi) is 4.71. The van der Waals surface area contributed by atoms with Crippen LogP contribution in [0.2, 0.25) is 5.02 Å². The minimum absolute atomic E-state index is 0.00722. The lowest BCUT2D eigenvalue weighted by atomic mass is 10.1. The molecule has 1 N–H and O–H groups in total. The van der Waals surface area contributed by atoms with Gasteiger partial charge in [-0.3, -0.25) is 14.9 Å². The second-order valence-corrected chi connectivity index (χ2v) is 4.81. The van der Waals surface area contributed by atoms with Crippen LogP contribution >= 0.6 is 11.6 Å². The van der Waals surface area contributed by atoms with Crippen LogP contribution in [0.25, 0.3) is 0 Å². The number of nitro benzene ring substituents is 1. The lowest BCUT2D eigenvalue weighted by Gasteiger charge is -2.07. The molecule has 1 amide bonds. The number of nitro groups is 1. The van der Waals surface area contributed by atoms with Crippen LogP contribution in [0, 0.1) is 21.4 Å². The molecule has 0 aromatic heterocycles. The molecule has 0 aliphatic carbocycles. The van der Waals surface area contributed by atoms with Crippen LogP contribution in [0.4, 0.5) is 11.4 Å². The highest BCUT2D eigenvalue weighted by Crippen LogP contribution is 2.23. The Morgan fingerprint density at radius 2 is 1.95 bits per heavy atom. The molecule has 0 aliphatic rings. The van der Waals surface area contributed by atoms with Gasteiger partial charge in [-0.2, -0.15) is 5.26 Å². The molecule has 2 aromatic rings. The van der Waals surface area contributed by atoms with Crippen molar-refractivity contribution in [2.75, 3.05) is 5.32 Å². The minimum Gasteiger partial charge on any atom is -0.322 e. The lowest BCUT2D eigenvalue weighted by Crippen LogP contribution is -2.12. The molecule has 2 rings (SSSR count). The fraction of sp³-hybridized carbons (Fsp3) is 0.0667. The molecule has 0 saturated heterocycles. The molecule has 0 saturated carbocycles. The number of anilines is 1. The van der Waals surface area contributed by atoms with Crippen molar-refractivity contribution in [3.8, 4) is 6.07 Å². The number of nitriles is 1. The standard InChI is InChI=1S/C15H10ClN3O3/c16-14-9-12(19(21)22)5-6-13(14)15(20)18-11-3-1-10(2-4-11)7-8-17/h1-6,9H,7H2,(H,18,20). The van der Waals surface area contributed by atoms with Crippen molar-refractivity contribution in [1.29, 1.82) is 5.26 Å². The van der Waals surface area contributed by atoms with Gasteiger partial charge in [0.2, 0.25) is 0 Å². The average molecular weight is 316 g/mol. The molecule has 0 heterocycles. The Labute approximate surface area is 131 Å². The Balaban J connectivity index is 2.15. The summed E-state index contributed by atoms with van der Waals surface area (Å²) in [4.78, 5) is 22.2. The summed E-state index contributed by atoms with van der Waals surface area (Å²) < 4.78 is 0. The normalized spacial score (nSPS) is 9.82. The SMILES string of the molecule is N#CCc1ccc(NC(=O)c2ccc([N+](=O)[O-])cc2Cl)cc1. The highest BCUT2D eigenvalue weighted by Gasteiger charge is 2.15. The average Bonchev–Trinajstić information content (AvgIpc) is 2.49. The number of carbonyl (C=O) groups excluding carboxylic acids is 1. The van der Waals surface area contributed by atoms with Crippen molar-refractivity contribution in [1.82, 2.24) is 0 Å². The van der Waals surface area contributed by atoms with Crippen LogP contribution < -0.4 is 5.32 Å². The maximum atomic E-state index is 12.1. The van der Waals surface area contributed by atoms with Gasteiger partial charge in [0.1, 0.15) is 0 Å². The van der Waals surface area contributed by atoms with Crippen molar-refractivity contribution >= 4 is 28.9 Å². The summed E-state index contributed by atoms with van der Waals surface area (Å²) in [5, 5.41) is 21.9. The molecule has 0 unspecified atom stereocenters. The van der Waals surface area contributed by atoms with E-state index in [4.69, 9.17) is 16.9 Å². The molecule has 7 heteroatoms. The number of benzene rings is 2. The van der Waals surface area contributed by atoms with E-state index in [0.717, 1.165) is 11.6 Å². The van der Waals surface area contributed by atoms with Crippen molar-refractivity contribution in [2.45, 2.75) is 6.42 Å². The first-order valence-corrected chi connectivity index (χ1v) is 6.60. The predicted octanol–water partition coefficient (Wildman–Crippen LogP) is 3.57. The second kappa shape index (κ2) is 6.70. The summed E-state index contributed by atoms with van der Waals surface area (Å²) in [6, 6.07) is 12.5. The van der Waals surface area contributed by atoms with E-state index in [1.165, 1.54) is 12.1 Å². The van der Waals surface area contributed by atoms with Gasteiger partial charge < -0.3 is 5.32 Å². The van der Waals surface area contributed by atoms with Gasteiger partial charge in [0.05, 0.1) is 28.0 Å². The number of amides is 1. The van der Waals surface area contributed by atoms with Gasteiger partial charge in [-0.15, -0.1) is 0 Å². The monoisotopic (exact) mass is 315 g/mol. The third-order valence-corrected chi connectivity index (χ3v) is 3.22. The number of hydrogen-bond donors (Lipinski definition) is 1. The molecular formula is C15H10ClN3O3. The zero-order chi connectivity index (χ0) is 16.1. The summed E-state index contributed by atoms with van der Waals surface area (Å²) in [6.45, 7) is 0. The van der Waals surface area contributed by atoms with E-state index in [0.29, 0.717) is 12.1 Å². The molecule has 0 aliphatic heterocycles. The number of nitrogens with one attached hydrogen (secondary N) is 1. The summed E-state index contributed by atoms with van der Waals surface area (Å²) in [7, 11) is 0. The van der Waals surface area contributed by atoms with Crippen LogP contribution in [0.3, 0.4) is 0 Å². The topological polar surface area (TPSA) is 96.0 Å². The Bertz CT molecular complexity index is 767. The predicted molar refractivity (Wildman–Crippen MR) is 81.8 cm³/mol. The largest absolute Gasteiger partial charge is 0.322 e. The smallest absolute Gasteiger partial charge is 0.270 e. The number of hydrogen-bond acceptors (Lipinski definition) is 4. The Morgan fingerprint density at radius 3 is 2.50 bits per heavy atom. The van der Waals surface area contributed by atoms with Gasteiger partial charge in [0.15, 0.2) is 0 Å². The molecule has 110 valence electrons. The molecular weight excluding hydrogens is 306 g/mol. The Morgan fingerprint density at radius 1 is 1.27 bits per heavy atom. The number of rotatable bonds is 4. The fourth-order valence-electron chi connectivity index (χ4n) is 1.80. The quantitative estimate of drug-likeness (QED) is 0.689. The van der Waals surface area contributed by atoms with E-state index in [-0.39, 0.29) is 16.3 Å². The van der Waals surface area contributed by atoms with Crippen LogP contribution in [0.5, 0.6) is 0 Å². The zero-order valence-corrected chi connectivity index (χ0v) is 12.0. The second-order valence-electron chi connectivity index (χ2n) is 4.41. The molecule has 22 heavy (non-hydrogen) atoms. The van der Waals surface area contributed by atoms with Gasteiger partial charge in [-0.05, 0) is 23.8 Å². The fourth-order valence-corrected chi connectivity index (χ4v) is 2.06. The van der Waals surface area contributed by atoms with Crippen LogP contribution in [0.15, 0.2) is 42.5 Å². The van der Waals surface area contributed by atoms with Gasteiger partial charge >= 0.3 is 0 Å². The molecule has 0 atom stereocenters. The number of carbonyl (C=O) groups is 1. The van der Waals surface area contributed by atoms with E-state index in [1.807, 2.05) is 6.07 Å². The molecule has 0 fully saturated rings. The summed E-state index contributed by atoms with van der Waals surface area (Å²) in [5.41, 5.74) is 1.35. The third-order valence-electron chi connectivity index (χ3n) is 2.90. The molecule has 2 aromatic carbocycles. The minimum atomic E-state index is -0.582. The van der Waals surface area contributed by atoms with Gasteiger partial charge in [0, 0.05) is 17.8 Å².